The van der Waals surface area contributed by atoms with Gasteiger partial charge in [-0.05, 0) is 41.1 Å². The molecule has 0 aromatic heterocycles. The zero-order valence-corrected chi connectivity index (χ0v) is 15.7. The number of carbonyl (C=O) groups excluding carboxylic acids is 2. The molecule has 0 heterocycles. The van der Waals surface area contributed by atoms with Gasteiger partial charge in [-0.15, -0.1) is 0 Å². The van der Waals surface area contributed by atoms with E-state index in [4.69, 9.17) is 4.74 Å². The lowest BCUT2D eigenvalue weighted by Gasteiger charge is -2.10. The normalized spacial score (nSPS) is 10.5. The Kier molecular flexibility index (Phi) is 6.59. The van der Waals surface area contributed by atoms with Gasteiger partial charge in [0.25, 0.3) is 5.91 Å². The fourth-order valence-corrected chi connectivity index (χ4v) is 2.79. The summed E-state index contributed by atoms with van der Waals surface area (Å²) < 4.78 is 4.91. The van der Waals surface area contributed by atoms with Gasteiger partial charge in [0, 0.05) is 30.6 Å². The van der Waals surface area contributed by atoms with Gasteiger partial charge in [-0.25, -0.2) is 0 Å². The third-order valence-electron chi connectivity index (χ3n) is 4.20. The number of hydrogen-bond acceptors (Lipinski definition) is 4. The Morgan fingerprint density at radius 3 is 2.54 bits per heavy atom. The highest BCUT2D eigenvalue weighted by atomic mass is 16.5. The van der Waals surface area contributed by atoms with Crippen LogP contribution in [0.2, 0.25) is 0 Å². The second kappa shape index (κ2) is 9.53. The fourth-order valence-electron chi connectivity index (χ4n) is 2.79. The van der Waals surface area contributed by atoms with Crippen LogP contribution < -0.4 is 16.0 Å². The van der Waals surface area contributed by atoms with E-state index in [9.17, 15) is 9.59 Å². The van der Waals surface area contributed by atoms with E-state index >= 15 is 0 Å². The predicted molar refractivity (Wildman–Crippen MR) is 112 cm³/mol. The molecule has 0 aliphatic heterocycles. The molecule has 6 heteroatoms. The molecule has 0 bridgehead atoms. The van der Waals surface area contributed by atoms with E-state index in [-0.39, 0.29) is 18.4 Å². The number of benzene rings is 3. The largest absolute Gasteiger partial charge is 0.383 e. The van der Waals surface area contributed by atoms with Crippen LogP contribution in [0.3, 0.4) is 0 Å². The fraction of sp³-hybridized carbons (Fsp3) is 0.182. The lowest BCUT2D eigenvalue weighted by molar-refractivity contribution is -0.114. The van der Waals surface area contributed by atoms with Crippen LogP contribution in [0.4, 0.5) is 11.4 Å². The molecule has 6 nitrogen and oxygen atoms in total. The highest BCUT2D eigenvalue weighted by Crippen LogP contribution is 2.18. The topological polar surface area (TPSA) is 79.5 Å². The van der Waals surface area contributed by atoms with Gasteiger partial charge in [-0.3, -0.25) is 9.59 Å². The molecule has 0 spiro atoms. The lowest BCUT2D eigenvalue weighted by atomic mass is 10.1. The Hall–Kier alpha value is -3.38. The minimum atomic E-state index is -0.206. The van der Waals surface area contributed by atoms with Gasteiger partial charge in [0.05, 0.1) is 13.2 Å². The third kappa shape index (κ3) is 5.31. The Bertz CT molecular complexity index is 972. The summed E-state index contributed by atoms with van der Waals surface area (Å²) >= 11 is 0. The highest BCUT2D eigenvalue weighted by molar-refractivity contribution is 5.98. The van der Waals surface area contributed by atoms with Gasteiger partial charge in [-0.1, -0.05) is 36.4 Å². The number of ether oxygens (including phenoxy) is 1. The first-order chi connectivity index (χ1) is 13.7. The van der Waals surface area contributed by atoms with Crippen molar-refractivity contribution in [3.8, 4) is 0 Å². The second-order valence-corrected chi connectivity index (χ2v) is 6.29. The molecule has 0 unspecified atom stereocenters. The number of anilines is 2. The second-order valence-electron chi connectivity index (χ2n) is 6.29. The number of amides is 2. The maximum atomic E-state index is 12.3. The van der Waals surface area contributed by atoms with Crippen LogP contribution in [0.5, 0.6) is 0 Å². The molecule has 3 aromatic rings. The predicted octanol–water partition coefficient (Wildman–Crippen LogP) is 3.27. The smallest absolute Gasteiger partial charge is 0.251 e. The summed E-state index contributed by atoms with van der Waals surface area (Å²) in [5.74, 6) is -0.396. The molecule has 144 valence electrons. The van der Waals surface area contributed by atoms with E-state index in [0.717, 1.165) is 16.5 Å². The molecular formula is C22H23N3O3. The average molecular weight is 377 g/mol. The van der Waals surface area contributed by atoms with E-state index in [1.165, 1.54) is 0 Å². The Labute approximate surface area is 163 Å². The maximum Gasteiger partial charge on any atom is 0.251 e. The number of hydrogen-bond donors (Lipinski definition) is 3. The van der Waals surface area contributed by atoms with Crippen molar-refractivity contribution >= 4 is 34.0 Å². The summed E-state index contributed by atoms with van der Waals surface area (Å²) in [4.78, 5) is 24.3. The maximum absolute atomic E-state index is 12.3. The van der Waals surface area contributed by atoms with E-state index in [0.29, 0.717) is 24.4 Å². The Balaban J connectivity index is 1.55. The van der Waals surface area contributed by atoms with E-state index in [1.54, 1.807) is 31.4 Å². The van der Waals surface area contributed by atoms with Crippen LogP contribution in [0.1, 0.15) is 10.4 Å². The molecule has 0 radical (unpaired) electrons. The Morgan fingerprint density at radius 2 is 1.71 bits per heavy atom. The number of carbonyl (C=O) groups is 2. The van der Waals surface area contributed by atoms with Gasteiger partial charge >= 0.3 is 0 Å². The van der Waals surface area contributed by atoms with Crippen LogP contribution in [0.15, 0.2) is 66.7 Å². The monoisotopic (exact) mass is 377 g/mol. The molecule has 0 atom stereocenters. The van der Waals surface area contributed by atoms with Crippen molar-refractivity contribution in [2.75, 3.05) is 37.4 Å². The summed E-state index contributed by atoms with van der Waals surface area (Å²) in [7, 11) is 1.58. The minimum Gasteiger partial charge on any atom is -0.383 e. The molecule has 2 amide bonds. The number of methoxy groups -OCH3 is 1. The molecule has 28 heavy (non-hydrogen) atoms. The molecule has 0 saturated carbocycles. The molecule has 0 aliphatic rings. The molecule has 0 aliphatic carbocycles. The van der Waals surface area contributed by atoms with E-state index in [2.05, 4.69) is 16.0 Å². The molecule has 3 N–H and O–H groups in total. The van der Waals surface area contributed by atoms with Crippen LogP contribution in [-0.2, 0) is 9.53 Å². The van der Waals surface area contributed by atoms with Crippen molar-refractivity contribution in [1.82, 2.24) is 5.32 Å². The zero-order valence-electron chi connectivity index (χ0n) is 15.7. The molecule has 3 aromatic carbocycles. The van der Waals surface area contributed by atoms with Crippen molar-refractivity contribution < 1.29 is 14.3 Å². The molecular weight excluding hydrogens is 354 g/mol. The van der Waals surface area contributed by atoms with Gasteiger partial charge in [0.15, 0.2) is 0 Å². The van der Waals surface area contributed by atoms with Crippen molar-refractivity contribution in [2.45, 2.75) is 0 Å². The number of nitrogens with one attached hydrogen (secondary N) is 3. The van der Waals surface area contributed by atoms with Crippen LogP contribution in [0, 0.1) is 0 Å². The molecule has 0 saturated heterocycles. The van der Waals surface area contributed by atoms with Crippen LogP contribution >= 0.6 is 0 Å². The highest BCUT2D eigenvalue weighted by Gasteiger charge is 2.08. The van der Waals surface area contributed by atoms with Crippen LogP contribution in [0.25, 0.3) is 10.8 Å². The number of fused-ring (bicyclic) bond motifs is 1. The van der Waals surface area contributed by atoms with Crippen molar-refractivity contribution in [2.24, 2.45) is 0 Å². The standard InChI is InChI=1S/C22H23N3O3/c1-28-12-11-23-22(27)18-7-4-8-20(14-18)25-21(26)15-24-19-10-9-16-5-2-3-6-17(16)13-19/h2-10,13-14,24H,11-12,15H2,1H3,(H,23,27)(H,25,26). The molecule has 3 rings (SSSR count). The van der Waals surface area contributed by atoms with Gasteiger partial charge in [-0.2, -0.15) is 0 Å². The van der Waals surface area contributed by atoms with Crippen molar-refractivity contribution in [1.29, 1.82) is 0 Å². The first kappa shape index (κ1) is 19.4. The van der Waals surface area contributed by atoms with Crippen LogP contribution in [-0.4, -0.2) is 38.6 Å². The zero-order chi connectivity index (χ0) is 19.8. The summed E-state index contributed by atoms with van der Waals surface area (Å²) in [6.45, 7) is 1.01. The summed E-state index contributed by atoms with van der Waals surface area (Å²) in [5, 5.41) is 10.9. The van der Waals surface area contributed by atoms with Crippen molar-refractivity contribution in [3.63, 3.8) is 0 Å². The third-order valence-corrected chi connectivity index (χ3v) is 4.20. The molecule has 0 fully saturated rings. The van der Waals surface area contributed by atoms with E-state index in [1.807, 2.05) is 42.5 Å². The lowest BCUT2D eigenvalue weighted by Crippen LogP contribution is -2.27. The first-order valence-corrected chi connectivity index (χ1v) is 9.05. The SMILES string of the molecule is COCCNC(=O)c1cccc(NC(=O)CNc2ccc3ccccc3c2)c1. The summed E-state index contributed by atoms with van der Waals surface area (Å²) in [5.41, 5.74) is 1.93. The Morgan fingerprint density at radius 1 is 0.893 bits per heavy atom. The van der Waals surface area contributed by atoms with Gasteiger partial charge in [0.1, 0.15) is 0 Å². The van der Waals surface area contributed by atoms with Gasteiger partial charge < -0.3 is 20.7 Å². The minimum absolute atomic E-state index is 0.128. The van der Waals surface area contributed by atoms with Gasteiger partial charge in [0.2, 0.25) is 5.91 Å². The summed E-state index contributed by atoms with van der Waals surface area (Å²) in [6.07, 6.45) is 0. The van der Waals surface area contributed by atoms with E-state index < -0.39 is 0 Å². The first-order valence-electron chi connectivity index (χ1n) is 9.05. The number of rotatable bonds is 8. The average Bonchev–Trinajstić information content (AvgIpc) is 2.72. The quantitative estimate of drug-likeness (QED) is 0.527. The summed E-state index contributed by atoms with van der Waals surface area (Å²) in [6, 6.07) is 20.9. The van der Waals surface area contributed by atoms with Crippen molar-refractivity contribution in [3.05, 3.63) is 72.3 Å².